The van der Waals surface area contributed by atoms with Gasteiger partial charge < -0.3 is 170 Å². The van der Waals surface area contributed by atoms with Crippen molar-refractivity contribution >= 4 is 110 Å². The van der Waals surface area contributed by atoms with Crippen molar-refractivity contribution in [3.05, 3.63) is 0 Å². The molecule has 0 spiro atoms. The third-order valence-electron chi connectivity index (χ3n) is 11.4. The summed E-state index contributed by atoms with van der Waals surface area (Å²) in [6, 6.07) is 0. The molecule has 0 aliphatic heterocycles. The number of aliphatic hydroxyl groups excluding tert-OH is 17. The Morgan fingerprint density at radius 2 is 0.186 bits per heavy atom. The monoisotopic (exact) mass is 2210 g/mol. The molecule has 0 aliphatic carbocycles. The van der Waals surface area contributed by atoms with Gasteiger partial charge in [-0.05, 0) is 0 Å². The molecule has 0 aliphatic rings. The lowest BCUT2D eigenvalue weighted by molar-refractivity contribution is 0.000469. The van der Waals surface area contributed by atoms with Gasteiger partial charge in [0.2, 0.25) is 0 Å². The average Bonchev–Trinajstić information content (AvgIpc) is 0.903. The average molecular weight is 2210 g/mol. The van der Waals surface area contributed by atoms with Crippen LogP contribution in [-0.2, 0) is 177 Å². The quantitative estimate of drug-likeness (QED) is 0.0251. The zero-order chi connectivity index (χ0) is 101. The molecule has 0 saturated heterocycles. The molecule has 12 unspecified atom stereocenters. The molecule has 0 bridgehead atoms. The van der Waals surface area contributed by atoms with Crippen molar-refractivity contribution in [2.75, 3.05) is 185 Å². The normalized spacial score (nSPS) is 21.1. The fraction of sp³-hybridized carbons (Fsp3) is 1.00. The maximum Gasteiger partial charge on any atom is 0.472 e. The van der Waals surface area contributed by atoms with Crippen LogP contribution in [0.15, 0.2) is 0 Å². The molecule has 780 valence electrons. The highest BCUT2D eigenvalue weighted by Gasteiger charge is 2.37. The summed E-state index contributed by atoms with van der Waals surface area (Å²) in [5, 5.41) is 158. The van der Waals surface area contributed by atoms with Gasteiger partial charge in [0.1, 0.15) is 85.5 Å². The Bertz CT molecular complexity index is 3630. The Balaban J connectivity index is -0.00000185. The van der Waals surface area contributed by atoms with Crippen LogP contribution in [0.3, 0.4) is 0 Å². The highest BCUT2D eigenvalue weighted by atomic mass is 31.2. The van der Waals surface area contributed by atoms with E-state index >= 15 is 0 Å². The lowest BCUT2D eigenvalue weighted by Gasteiger charge is -2.20. The van der Waals surface area contributed by atoms with Crippen LogP contribution in [0.2, 0.25) is 0 Å². The second kappa shape index (κ2) is 65.1. The second-order valence-electron chi connectivity index (χ2n) is 23.7. The molecule has 0 rings (SSSR count). The third kappa shape index (κ3) is 84.3. The Kier molecular flexibility index (Phi) is 67.6. The van der Waals surface area contributed by atoms with Gasteiger partial charge in [0.05, 0.1) is 185 Å². The summed E-state index contributed by atoms with van der Waals surface area (Å²) >= 11 is 0. The molecular formula is C42H104O73P14. The number of rotatable bonds is 78. The molecule has 73 nitrogen and oxygen atoms in total. The van der Waals surface area contributed by atoms with Crippen LogP contribution in [0.5, 0.6) is 0 Å². The topological polar surface area (TPSA) is 1160 Å². The highest BCUT2D eigenvalue weighted by molar-refractivity contribution is 7.50. The molecule has 0 aromatic rings. The van der Waals surface area contributed by atoms with Crippen LogP contribution < -0.4 is 0 Å². The first-order valence-corrected chi connectivity index (χ1v) is 54.8. The second-order valence-corrected chi connectivity index (χ2v) is 43.4. The highest BCUT2D eigenvalue weighted by Crippen LogP contribution is 2.52. The molecule has 129 heavy (non-hydrogen) atoms. The van der Waals surface area contributed by atoms with Crippen LogP contribution >= 0.6 is 110 Å². The fourth-order valence-electron chi connectivity index (χ4n) is 5.61. The number of hydrogen-bond donors (Lipinski definition) is 34. The smallest absolute Gasteiger partial charge is 0.394 e. The molecule has 0 fully saturated rings. The summed E-state index contributed by atoms with van der Waals surface area (Å²) in [4.78, 5) is 155. The van der Waals surface area contributed by atoms with E-state index in [4.69, 9.17) is 60.0 Å². The maximum atomic E-state index is 11.9. The van der Waals surface area contributed by atoms with Crippen LogP contribution in [-0.4, -0.2) is 440 Å². The van der Waals surface area contributed by atoms with Gasteiger partial charge >= 0.3 is 110 Å². The predicted molar refractivity (Wildman–Crippen MR) is 398 cm³/mol. The molecule has 25 atom stereocenters. The van der Waals surface area contributed by atoms with Crippen LogP contribution in [0.1, 0.15) is 0 Å². The van der Waals surface area contributed by atoms with Gasteiger partial charge in [0.25, 0.3) is 0 Å². The van der Waals surface area contributed by atoms with E-state index in [-0.39, 0.29) is 0 Å². The summed E-state index contributed by atoms with van der Waals surface area (Å²) < 4.78 is 268. The first kappa shape index (κ1) is 134. The molecule has 87 heteroatoms. The summed E-state index contributed by atoms with van der Waals surface area (Å²) in [5.41, 5.74) is 0. The summed E-state index contributed by atoms with van der Waals surface area (Å²) in [6.45, 7) is -26.9. The van der Waals surface area contributed by atoms with Crippen molar-refractivity contribution in [3.63, 3.8) is 0 Å². The van der Waals surface area contributed by atoms with Crippen LogP contribution in [0, 0.1) is 0 Å². The summed E-state index contributed by atoms with van der Waals surface area (Å²) in [5.74, 6) is 0. The lowest BCUT2D eigenvalue weighted by atomic mass is 10.4. The summed E-state index contributed by atoms with van der Waals surface area (Å²) in [6.07, 6.45) is -24.3. The predicted octanol–water partition coefficient (Wildman–Crippen LogP) is -10.2. The van der Waals surface area contributed by atoms with E-state index in [0.29, 0.717) is 0 Å². The molecular weight excluding hydrogens is 2110 g/mol. The zero-order valence-corrected chi connectivity index (χ0v) is 77.8. The minimum Gasteiger partial charge on any atom is -0.394 e. The number of hydrogen-bond acceptors (Lipinski definition) is 56. The van der Waals surface area contributed by atoms with Crippen molar-refractivity contribution < 1.29 is 347 Å². The standard InChI is InChI=1S/C15H37O26P5.C15H36O23P4.C12H31O24P5/c16-1-11(17)2-34-43(25,26)36-5-13(19)6-38-45(29,30)40-9-15(21)10-41-46(31,32)39-8-14(20)7-37-44(27,28)35-4-12(18)3-33-42(22,23)24;16-1-11(18)3-31-39(23,24)33-5-13(20)7-35-41(27,28)37-9-15(22)10-38-42(29,30)36-8-14(21)6-34-40(25,26)32-4-12(19)2-17;13-9(1-29-37(17,18)19)3-31-39(23,24)33-5-11(15)7-35-41(27,28)36-8-12(16)6-34-40(25,26)32-4-10(14)2-30-38(20,21)22/h11-21H,1-10H2,(H,25,26)(H,27,28)(H,29,30)(H,31,32)(H2,22,23,24);11-22H,1-10H2,(H,23,24)(H,25,26)(H,27,28)(H,29,30);9-16H,1-8H2,(H,23,24)(H,25,26)(H,27,28)(H2,17,18,19)(H2,20,21,22)/t11-,12+,13-,14+,15-;11-,12+,13-,14+,15?;9-,10+,11-,12+/m0../s1. The Morgan fingerprint density at radius 3 is 0.248 bits per heavy atom. The first-order chi connectivity index (χ1) is 58.5. The molecule has 0 aromatic carbocycles. The van der Waals surface area contributed by atoms with E-state index in [0.717, 1.165) is 0 Å². The molecule has 34 N–H and O–H groups in total. The first-order valence-electron chi connectivity index (χ1n) is 33.7. The Morgan fingerprint density at radius 1 is 0.124 bits per heavy atom. The van der Waals surface area contributed by atoms with Gasteiger partial charge in [0, 0.05) is 0 Å². The minimum absolute atomic E-state index is 0.771. The van der Waals surface area contributed by atoms with Gasteiger partial charge in [0.15, 0.2) is 0 Å². The van der Waals surface area contributed by atoms with Crippen molar-refractivity contribution in [1.29, 1.82) is 0 Å². The number of phosphoric acid groups is 14. The van der Waals surface area contributed by atoms with Gasteiger partial charge in [-0.1, -0.05) is 0 Å². The molecule has 0 radical (unpaired) electrons. The number of aliphatic hydroxyl groups is 17. The molecule has 0 saturated carbocycles. The largest absolute Gasteiger partial charge is 0.472 e. The maximum absolute atomic E-state index is 11.9. The Labute approximate surface area is 724 Å². The van der Waals surface area contributed by atoms with Gasteiger partial charge in [-0.15, -0.1) is 0 Å². The van der Waals surface area contributed by atoms with E-state index < -0.39 is 380 Å². The van der Waals surface area contributed by atoms with Crippen molar-refractivity contribution in [3.8, 4) is 0 Å². The van der Waals surface area contributed by atoms with Crippen LogP contribution in [0.25, 0.3) is 0 Å². The van der Waals surface area contributed by atoms with Gasteiger partial charge in [-0.3, -0.25) is 113 Å². The van der Waals surface area contributed by atoms with E-state index in [1.54, 1.807) is 0 Å². The van der Waals surface area contributed by atoms with E-state index in [9.17, 15) is 174 Å². The lowest BCUT2D eigenvalue weighted by Crippen LogP contribution is -2.24. The van der Waals surface area contributed by atoms with E-state index in [2.05, 4.69) is 113 Å². The molecule has 0 amide bonds. The van der Waals surface area contributed by atoms with Gasteiger partial charge in [-0.25, -0.2) is 63.9 Å². The zero-order valence-electron chi connectivity index (χ0n) is 65.3. The third-order valence-corrected chi connectivity index (χ3v) is 23.3. The van der Waals surface area contributed by atoms with E-state index in [1.165, 1.54) is 0 Å². The van der Waals surface area contributed by atoms with Crippen molar-refractivity contribution in [2.45, 2.75) is 85.5 Å². The molecule has 0 heterocycles. The van der Waals surface area contributed by atoms with Crippen LogP contribution in [0.4, 0.5) is 0 Å². The fourth-order valence-corrected chi connectivity index (χ4v) is 15.5. The SMILES string of the molecule is O=P(O)(O)OC[C@@H](O)COP(=O)(O)OC[C@@H](O)COP(=O)(O)OC[C@@H](O)COP(=O)(O)OC[C@@H](O)COP(=O)(O)O.O=P(O)(O)OC[C@@H](O)COP(=O)(O)OC[C@@H](O)COP(=O)(O)OC[C@@H](O)COP(=O)(O)OC[C@@H](O)COP(=O)(O)OC[C@@H](O)CO.O=P(O)(OCC(O)COP(=O)(O)OC[C@H](O)COP(=O)(O)OC[C@H](O)CO)OC[C@@H](O)COP(=O)(O)OC[C@@H](O)CO. The Hall–Kier alpha value is 0.860. The minimum atomic E-state index is -5.03. The number of phosphoric ester groups is 14. The summed E-state index contributed by atoms with van der Waals surface area (Å²) in [7, 11) is -68.9. The van der Waals surface area contributed by atoms with E-state index in [1.807, 2.05) is 0 Å². The molecule has 0 aromatic heterocycles. The van der Waals surface area contributed by atoms with Gasteiger partial charge in [-0.2, -0.15) is 0 Å². The van der Waals surface area contributed by atoms with Crippen molar-refractivity contribution in [2.24, 2.45) is 0 Å². The van der Waals surface area contributed by atoms with Crippen molar-refractivity contribution in [1.82, 2.24) is 0 Å².